The number of aliphatic hydroxyl groups is 1. The number of fused-ring (bicyclic) bond motifs is 1. The van der Waals surface area contributed by atoms with Crippen molar-refractivity contribution in [1.29, 1.82) is 0 Å². The summed E-state index contributed by atoms with van der Waals surface area (Å²) in [7, 11) is 0. The quantitative estimate of drug-likeness (QED) is 0.904. The van der Waals surface area contributed by atoms with E-state index >= 15 is 0 Å². The van der Waals surface area contributed by atoms with Crippen molar-refractivity contribution in [1.82, 2.24) is 4.98 Å². The largest absolute Gasteiger partial charge is 0.389 e. The summed E-state index contributed by atoms with van der Waals surface area (Å²) in [5.74, 6) is 0. The maximum absolute atomic E-state index is 12.2. The maximum Gasteiger partial charge on any atom is 0.389 e. The molecule has 0 aliphatic carbocycles. The minimum absolute atomic E-state index is 0.364. The van der Waals surface area contributed by atoms with E-state index in [-0.39, 0.29) is 6.42 Å². The molecule has 2 rings (SSSR count). The Bertz CT molecular complexity index is 586. The van der Waals surface area contributed by atoms with Crippen LogP contribution in [0.4, 0.5) is 13.2 Å². The Labute approximate surface area is 116 Å². The number of aromatic nitrogens is 1. The van der Waals surface area contributed by atoms with Crippen LogP contribution in [0.5, 0.6) is 0 Å². The van der Waals surface area contributed by atoms with Crippen LogP contribution in [0.2, 0.25) is 0 Å². The zero-order chi connectivity index (χ0) is 14.0. The monoisotopic (exact) mass is 333 g/mol. The molecule has 0 spiro atoms. The van der Waals surface area contributed by atoms with Crippen LogP contribution < -0.4 is 0 Å². The van der Waals surface area contributed by atoms with Crippen LogP contribution in [0, 0.1) is 0 Å². The van der Waals surface area contributed by atoms with Gasteiger partial charge in [0.1, 0.15) is 0 Å². The molecule has 1 aromatic heterocycles. The van der Waals surface area contributed by atoms with E-state index in [1.54, 1.807) is 30.5 Å². The molecule has 2 nitrogen and oxygen atoms in total. The van der Waals surface area contributed by atoms with Gasteiger partial charge in [0.05, 0.1) is 11.6 Å². The molecule has 0 aliphatic heterocycles. The molecular weight excluding hydrogens is 323 g/mol. The van der Waals surface area contributed by atoms with Gasteiger partial charge in [0.2, 0.25) is 0 Å². The van der Waals surface area contributed by atoms with Crippen molar-refractivity contribution < 1.29 is 18.3 Å². The first-order valence-corrected chi connectivity index (χ1v) is 6.46. The topological polar surface area (TPSA) is 33.1 Å². The van der Waals surface area contributed by atoms with E-state index < -0.39 is 18.7 Å². The third-order valence-corrected chi connectivity index (χ3v) is 3.50. The Morgan fingerprint density at radius 1 is 1.26 bits per heavy atom. The lowest BCUT2D eigenvalue weighted by molar-refractivity contribution is -0.140. The predicted molar refractivity (Wildman–Crippen MR) is 69.7 cm³/mol. The second-order valence-electron chi connectivity index (χ2n) is 4.21. The van der Waals surface area contributed by atoms with E-state index in [0.29, 0.717) is 11.1 Å². The first-order chi connectivity index (χ1) is 8.88. The fraction of sp³-hybridized carbons (Fsp3) is 0.308. The highest BCUT2D eigenvalue weighted by molar-refractivity contribution is 9.10. The SMILES string of the molecule is OC(CCC(F)(F)F)c1ccc(Br)c2cccnc12. The molecule has 1 atom stereocenters. The van der Waals surface area contributed by atoms with Gasteiger partial charge in [-0.25, -0.2) is 0 Å². The third kappa shape index (κ3) is 3.45. The molecule has 0 amide bonds. The standard InChI is InChI=1S/C13H11BrF3NO/c14-10-4-3-9(11(19)5-6-13(15,16)17)12-8(10)2-1-7-18-12/h1-4,7,11,19H,5-6H2. The van der Waals surface area contributed by atoms with Crippen molar-refractivity contribution in [3.05, 3.63) is 40.5 Å². The molecular formula is C13H11BrF3NO. The molecule has 0 fully saturated rings. The first kappa shape index (κ1) is 14.3. The van der Waals surface area contributed by atoms with Gasteiger partial charge in [-0.2, -0.15) is 13.2 Å². The van der Waals surface area contributed by atoms with Gasteiger partial charge in [-0.05, 0) is 18.6 Å². The number of aliphatic hydroxyl groups excluding tert-OH is 1. The highest BCUT2D eigenvalue weighted by atomic mass is 79.9. The van der Waals surface area contributed by atoms with Crippen LogP contribution in [0.15, 0.2) is 34.9 Å². The molecule has 102 valence electrons. The molecule has 6 heteroatoms. The summed E-state index contributed by atoms with van der Waals surface area (Å²) in [6, 6.07) is 6.84. The van der Waals surface area contributed by atoms with Crippen LogP contribution in [0.25, 0.3) is 10.9 Å². The average molecular weight is 334 g/mol. The number of pyridine rings is 1. The Morgan fingerprint density at radius 2 is 2.00 bits per heavy atom. The summed E-state index contributed by atoms with van der Waals surface area (Å²) >= 11 is 3.35. The van der Waals surface area contributed by atoms with Gasteiger partial charge >= 0.3 is 6.18 Å². The maximum atomic E-state index is 12.2. The zero-order valence-electron chi connectivity index (χ0n) is 9.78. The Balaban J connectivity index is 2.32. The van der Waals surface area contributed by atoms with Gasteiger partial charge < -0.3 is 5.11 Å². The molecule has 0 aliphatic rings. The Hall–Kier alpha value is -1.14. The fourth-order valence-electron chi connectivity index (χ4n) is 1.88. The predicted octanol–water partition coefficient (Wildman–Crippen LogP) is 4.37. The van der Waals surface area contributed by atoms with Crippen LogP contribution in [0.1, 0.15) is 24.5 Å². The van der Waals surface area contributed by atoms with Gasteiger partial charge in [-0.1, -0.05) is 28.1 Å². The summed E-state index contributed by atoms with van der Waals surface area (Å²) in [4.78, 5) is 4.14. The van der Waals surface area contributed by atoms with Gasteiger partial charge in [0.25, 0.3) is 0 Å². The molecule has 0 saturated heterocycles. The number of alkyl halides is 3. The van der Waals surface area contributed by atoms with E-state index in [9.17, 15) is 18.3 Å². The molecule has 1 heterocycles. The number of hydrogen-bond donors (Lipinski definition) is 1. The smallest absolute Gasteiger partial charge is 0.388 e. The van der Waals surface area contributed by atoms with Crippen molar-refractivity contribution in [3.8, 4) is 0 Å². The number of benzene rings is 1. The van der Waals surface area contributed by atoms with Gasteiger partial charge in [-0.15, -0.1) is 0 Å². The van der Waals surface area contributed by atoms with Gasteiger partial charge in [0, 0.05) is 28.0 Å². The minimum atomic E-state index is -4.26. The van der Waals surface area contributed by atoms with Crippen molar-refractivity contribution in [2.75, 3.05) is 0 Å². The molecule has 0 saturated carbocycles. The van der Waals surface area contributed by atoms with Crippen LogP contribution >= 0.6 is 15.9 Å². The lowest BCUT2D eigenvalue weighted by Gasteiger charge is -2.14. The van der Waals surface area contributed by atoms with E-state index in [1.165, 1.54) is 0 Å². The molecule has 0 radical (unpaired) electrons. The summed E-state index contributed by atoms with van der Waals surface area (Å²) in [5.41, 5.74) is 0.939. The number of halogens is 4. The van der Waals surface area contributed by atoms with E-state index in [1.807, 2.05) is 0 Å². The summed E-state index contributed by atoms with van der Waals surface area (Å²) in [6.45, 7) is 0. The molecule has 2 aromatic rings. The highest BCUT2D eigenvalue weighted by Crippen LogP contribution is 2.32. The number of rotatable bonds is 3. The van der Waals surface area contributed by atoms with Crippen molar-refractivity contribution in [2.24, 2.45) is 0 Å². The van der Waals surface area contributed by atoms with Crippen molar-refractivity contribution >= 4 is 26.8 Å². The summed E-state index contributed by atoms with van der Waals surface area (Å²) in [6.07, 6.45) is -5.27. The minimum Gasteiger partial charge on any atom is -0.388 e. The van der Waals surface area contributed by atoms with Crippen LogP contribution in [-0.4, -0.2) is 16.3 Å². The van der Waals surface area contributed by atoms with Gasteiger partial charge in [-0.3, -0.25) is 4.98 Å². The van der Waals surface area contributed by atoms with Gasteiger partial charge in [0.15, 0.2) is 0 Å². The fourth-order valence-corrected chi connectivity index (χ4v) is 2.34. The molecule has 0 bridgehead atoms. The summed E-state index contributed by atoms with van der Waals surface area (Å²) < 4.78 is 37.3. The second-order valence-corrected chi connectivity index (χ2v) is 5.06. The van der Waals surface area contributed by atoms with Crippen LogP contribution in [0.3, 0.4) is 0 Å². The van der Waals surface area contributed by atoms with E-state index in [4.69, 9.17) is 0 Å². The first-order valence-electron chi connectivity index (χ1n) is 5.66. The molecule has 1 N–H and O–H groups in total. The van der Waals surface area contributed by atoms with Crippen molar-refractivity contribution in [2.45, 2.75) is 25.1 Å². The Morgan fingerprint density at radius 3 is 2.68 bits per heavy atom. The Kier molecular flexibility index (Phi) is 4.10. The lowest BCUT2D eigenvalue weighted by atomic mass is 10.0. The summed E-state index contributed by atoms with van der Waals surface area (Å²) in [5, 5.41) is 10.7. The van der Waals surface area contributed by atoms with E-state index in [0.717, 1.165) is 9.86 Å². The molecule has 19 heavy (non-hydrogen) atoms. The molecule has 1 unspecified atom stereocenters. The number of hydrogen-bond acceptors (Lipinski definition) is 2. The number of nitrogens with zero attached hydrogens (tertiary/aromatic N) is 1. The zero-order valence-corrected chi connectivity index (χ0v) is 11.4. The third-order valence-electron chi connectivity index (χ3n) is 2.81. The molecule has 1 aromatic carbocycles. The average Bonchev–Trinajstić information content (AvgIpc) is 2.36. The second kappa shape index (κ2) is 5.46. The van der Waals surface area contributed by atoms with Crippen molar-refractivity contribution in [3.63, 3.8) is 0 Å². The highest BCUT2D eigenvalue weighted by Gasteiger charge is 2.28. The van der Waals surface area contributed by atoms with Crippen LogP contribution in [-0.2, 0) is 0 Å². The normalized spacial score (nSPS) is 13.7. The van der Waals surface area contributed by atoms with E-state index in [2.05, 4.69) is 20.9 Å². The lowest BCUT2D eigenvalue weighted by Crippen LogP contribution is -2.10.